The highest BCUT2D eigenvalue weighted by atomic mass is 32.1. The van der Waals surface area contributed by atoms with Crippen molar-refractivity contribution in [3.05, 3.63) is 30.1 Å². The molecule has 0 aliphatic heterocycles. The highest BCUT2D eigenvalue weighted by Crippen LogP contribution is 2.37. The van der Waals surface area contributed by atoms with Crippen LogP contribution >= 0.6 is 24.8 Å². The summed E-state index contributed by atoms with van der Waals surface area (Å²) in [6.07, 6.45) is 2.20. The number of rotatable bonds is 2. The van der Waals surface area contributed by atoms with Crippen LogP contribution in [0.15, 0.2) is 24.4 Å². The summed E-state index contributed by atoms with van der Waals surface area (Å²) in [6.45, 7) is 0. The van der Waals surface area contributed by atoms with E-state index in [0.29, 0.717) is 12.1 Å². The second kappa shape index (κ2) is 4.66. The fraction of sp³-hybridized carbons (Fsp3) is 0.333. The van der Waals surface area contributed by atoms with Crippen molar-refractivity contribution in [2.45, 2.75) is 24.7 Å². The average Bonchev–Trinajstić information content (AvgIpc) is 2.33. The van der Waals surface area contributed by atoms with Crippen LogP contribution in [0.4, 0.5) is 0 Å². The van der Waals surface area contributed by atoms with Crippen LogP contribution in [0.1, 0.15) is 25.0 Å². The van der Waals surface area contributed by atoms with Crippen LogP contribution in [-0.2, 0) is 15.0 Å². The summed E-state index contributed by atoms with van der Waals surface area (Å²) in [7, 11) is 0. The van der Waals surface area contributed by atoms with Gasteiger partial charge in [0.2, 0.25) is 0 Å². The van der Waals surface area contributed by atoms with Gasteiger partial charge in [-0.1, -0.05) is 18.3 Å². The zero-order chi connectivity index (χ0) is 12.5. The Morgan fingerprint density at radius 3 is 2.71 bits per heavy atom. The summed E-state index contributed by atoms with van der Waals surface area (Å²) >= 11 is 9.25. The van der Waals surface area contributed by atoms with E-state index in [-0.39, 0.29) is 28.6 Å². The lowest BCUT2D eigenvalue weighted by Crippen LogP contribution is -2.46. The fourth-order valence-electron chi connectivity index (χ4n) is 2.10. The van der Waals surface area contributed by atoms with Gasteiger partial charge in [0.05, 0.1) is 9.89 Å². The van der Waals surface area contributed by atoms with Gasteiger partial charge in [0.15, 0.2) is 5.78 Å². The molecule has 1 aliphatic rings. The molecule has 0 spiro atoms. The van der Waals surface area contributed by atoms with E-state index in [0.717, 1.165) is 0 Å². The lowest BCUT2D eigenvalue weighted by molar-refractivity contribution is -0.132. The predicted octanol–water partition coefficient (Wildman–Crippen LogP) is 1.90. The molecule has 1 atom stereocenters. The molecular weight excluding hydrogens is 254 g/mol. The van der Waals surface area contributed by atoms with Gasteiger partial charge in [-0.15, -0.1) is 12.6 Å². The number of Topliss-reactive ketones (excluding diaryl/α,β-unsaturated/α-hetero) is 2. The average molecular weight is 265 g/mol. The van der Waals surface area contributed by atoms with Crippen LogP contribution < -0.4 is 0 Å². The molecule has 0 saturated heterocycles. The number of ketones is 2. The first kappa shape index (κ1) is 12.4. The number of carbonyl (C=O) groups excluding carboxylic acids is 2. The van der Waals surface area contributed by atoms with Gasteiger partial charge in [-0.2, -0.15) is 0 Å². The molecule has 1 fully saturated rings. The van der Waals surface area contributed by atoms with E-state index in [4.69, 9.17) is 12.2 Å². The minimum Gasteiger partial charge on any atom is -0.300 e. The molecule has 0 N–H and O–H groups in total. The van der Waals surface area contributed by atoms with E-state index in [2.05, 4.69) is 17.6 Å². The van der Waals surface area contributed by atoms with Crippen molar-refractivity contribution in [1.82, 2.24) is 4.98 Å². The Morgan fingerprint density at radius 1 is 1.35 bits per heavy atom. The number of thiocarbonyl (C=S) groups is 1. The molecule has 17 heavy (non-hydrogen) atoms. The third kappa shape index (κ3) is 2.05. The Kier molecular flexibility index (Phi) is 3.40. The maximum atomic E-state index is 12.2. The number of aromatic nitrogens is 1. The summed E-state index contributed by atoms with van der Waals surface area (Å²) in [5, 5.41) is 0. The van der Waals surface area contributed by atoms with E-state index in [9.17, 15) is 9.59 Å². The van der Waals surface area contributed by atoms with E-state index in [1.807, 2.05) is 0 Å². The molecule has 88 valence electrons. The zero-order valence-electron chi connectivity index (χ0n) is 9.05. The van der Waals surface area contributed by atoms with Crippen LogP contribution in [0.3, 0.4) is 0 Å². The number of pyridine rings is 1. The number of hydrogen-bond acceptors (Lipinski definition) is 4. The van der Waals surface area contributed by atoms with Gasteiger partial charge in [-0.05, 0) is 12.1 Å². The smallest absolute Gasteiger partial charge is 0.151 e. The molecule has 1 heterocycles. The molecule has 0 aromatic carbocycles. The molecule has 2 rings (SSSR count). The SMILES string of the molecule is O=C1CCC(=O)C(C(=S)S)(c2ccccn2)C1. The summed E-state index contributed by atoms with van der Waals surface area (Å²) in [4.78, 5) is 28.0. The molecule has 1 saturated carbocycles. The molecule has 1 aliphatic carbocycles. The molecular formula is C12H11NO2S2. The first-order valence-electron chi connectivity index (χ1n) is 5.27. The Bertz CT molecular complexity index is 487. The maximum Gasteiger partial charge on any atom is 0.151 e. The Balaban J connectivity index is 2.56. The standard InChI is InChI=1S/C12H11NO2S2/c14-8-4-5-10(15)12(7-8,11(16)17)9-3-1-2-6-13-9/h1-3,6H,4-5,7H2,(H,16,17). The Hall–Kier alpha value is -1.07. The number of nitrogens with zero attached hydrogens (tertiary/aromatic N) is 1. The highest BCUT2D eigenvalue weighted by Gasteiger charge is 2.47. The lowest BCUT2D eigenvalue weighted by atomic mass is 9.71. The Labute approximate surface area is 110 Å². The first-order chi connectivity index (χ1) is 8.07. The van der Waals surface area contributed by atoms with Gasteiger partial charge >= 0.3 is 0 Å². The monoisotopic (exact) mass is 265 g/mol. The molecule has 0 bridgehead atoms. The van der Waals surface area contributed by atoms with E-state index in [1.165, 1.54) is 0 Å². The van der Waals surface area contributed by atoms with E-state index in [1.54, 1.807) is 24.4 Å². The summed E-state index contributed by atoms with van der Waals surface area (Å²) in [6, 6.07) is 5.26. The number of hydrogen-bond donors (Lipinski definition) is 1. The van der Waals surface area contributed by atoms with Crippen LogP contribution in [-0.4, -0.2) is 20.7 Å². The van der Waals surface area contributed by atoms with Crippen LogP contribution in [0, 0.1) is 0 Å². The summed E-state index contributed by atoms with van der Waals surface area (Å²) in [5.41, 5.74) is -0.576. The van der Waals surface area contributed by atoms with Crippen molar-refractivity contribution < 1.29 is 9.59 Å². The molecule has 1 unspecified atom stereocenters. The normalized spacial score (nSPS) is 24.8. The van der Waals surface area contributed by atoms with Gasteiger partial charge < -0.3 is 0 Å². The molecule has 0 radical (unpaired) electrons. The van der Waals surface area contributed by atoms with Gasteiger partial charge in [0.25, 0.3) is 0 Å². The second-order valence-corrected chi connectivity index (χ2v) is 5.22. The fourth-order valence-corrected chi connectivity index (χ4v) is 2.71. The van der Waals surface area contributed by atoms with Crippen LogP contribution in [0.2, 0.25) is 0 Å². The highest BCUT2D eigenvalue weighted by molar-refractivity contribution is 8.11. The third-order valence-electron chi connectivity index (χ3n) is 3.04. The van der Waals surface area contributed by atoms with Crippen molar-refractivity contribution in [3.63, 3.8) is 0 Å². The van der Waals surface area contributed by atoms with Crippen LogP contribution in [0.5, 0.6) is 0 Å². The molecule has 3 nitrogen and oxygen atoms in total. The lowest BCUT2D eigenvalue weighted by Gasteiger charge is -2.33. The van der Waals surface area contributed by atoms with E-state index < -0.39 is 5.41 Å². The maximum absolute atomic E-state index is 12.2. The number of carbonyl (C=O) groups is 2. The van der Waals surface area contributed by atoms with Gasteiger partial charge in [-0.3, -0.25) is 14.6 Å². The van der Waals surface area contributed by atoms with Gasteiger partial charge in [0, 0.05) is 25.5 Å². The van der Waals surface area contributed by atoms with Crippen molar-refractivity contribution in [1.29, 1.82) is 0 Å². The van der Waals surface area contributed by atoms with Gasteiger partial charge in [-0.25, -0.2) is 0 Å². The molecule has 0 amide bonds. The van der Waals surface area contributed by atoms with Crippen molar-refractivity contribution in [2.75, 3.05) is 0 Å². The summed E-state index contributed by atoms with van der Waals surface area (Å²) < 4.78 is 0.231. The Morgan fingerprint density at radius 2 is 2.12 bits per heavy atom. The van der Waals surface area contributed by atoms with E-state index >= 15 is 0 Å². The predicted molar refractivity (Wildman–Crippen MR) is 71.4 cm³/mol. The quantitative estimate of drug-likeness (QED) is 0.655. The van der Waals surface area contributed by atoms with Gasteiger partial charge in [0.1, 0.15) is 11.2 Å². The molecule has 1 aromatic rings. The second-order valence-electron chi connectivity index (χ2n) is 4.06. The summed E-state index contributed by atoms with van der Waals surface area (Å²) in [5.74, 6) is -0.0255. The molecule has 5 heteroatoms. The largest absolute Gasteiger partial charge is 0.300 e. The van der Waals surface area contributed by atoms with Crippen molar-refractivity contribution >= 4 is 40.6 Å². The first-order valence-corrected chi connectivity index (χ1v) is 6.13. The van der Waals surface area contributed by atoms with Crippen molar-refractivity contribution in [2.24, 2.45) is 0 Å². The third-order valence-corrected chi connectivity index (χ3v) is 3.77. The van der Waals surface area contributed by atoms with Crippen LogP contribution in [0.25, 0.3) is 0 Å². The minimum atomic E-state index is -1.10. The van der Waals surface area contributed by atoms with Crippen molar-refractivity contribution in [3.8, 4) is 0 Å². The zero-order valence-corrected chi connectivity index (χ0v) is 10.8. The minimum absolute atomic E-state index is 0.0339. The topological polar surface area (TPSA) is 47.0 Å². The molecule has 1 aromatic heterocycles. The number of thiol groups is 1.